The second-order valence-electron chi connectivity index (χ2n) is 4.96. The average Bonchev–Trinajstić information content (AvgIpc) is 2.60. The second kappa shape index (κ2) is 5.70. The summed E-state index contributed by atoms with van der Waals surface area (Å²) in [7, 11) is -5.02. The van der Waals surface area contributed by atoms with Crippen molar-refractivity contribution in [2.75, 3.05) is 12.3 Å². The molecule has 1 aromatic rings. The van der Waals surface area contributed by atoms with Crippen molar-refractivity contribution in [3.63, 3.8) is 0 Å². The molecule has 12 heteroatoms. The Hall–Kier alpha value is -1.33. The van der Waals surface area contributed by atoms with Crippen LogP contribution in [0.2, 0.25) is 0 Å². The number of aliphatic hydroxyl groups is 2. The molecule has 124 valence electrons. The molecule has 4 atom stereocenters. The molecular formula is C10H16N3O8P. The highest BCUT2D eigenvalue weighted by Crippen LogP contribution is 2.50. The van der Waals surface area contributed by atoms with Crippen molar-refractivity contribution in [1.29, 1.82) is 0 Å². The number of aliphatic hydroxyl groups excluding tert-OH is 2. The van der Waals surface area contributed by atoms with E-state index in [0.29, 0.717) is 0 Å². The van der Waals surface area contributed by atoms with E-state index in [1.54, 1.807) is 0 Å². The van der Waals surface area contributed by atoms with Gasteiger partial charge in [-0.05, 0) is 13.0 Å². The molecule has 1 aromatic heterocycles. The molecule has 0 saturated carbocycles. The van der Waals surface area contributed by atoms with Crippen LogP contribution in [0.1, 0.15) is 13.2 Å². The summed E-state index contributed by atoms with van der Waals surface area (Å²) in [6.07, 6.45) is -3.04. The predicted octanol–water partition coefficient (Wildman–Crippen LogP) is -2.06. The fourth-order valence-corrected chi connectivity index (χ4v) is 3.05. The van der Waals surface area contributed by atoms with Gasteiger partial charge < -0.3 is 30.5 Å². The Morgan fingerprint density at radius 3 is 2.73 bits per heavy atom. The topological polar surface area (TPSA) is 177 Å². The van der Waals surface area contributed by atoms with E-state index >= 15 is 0 Å². The van der Waals surface area contributed by atoms with Crippen molar-refractivity contribution in [2.45, 2.75) is 31.0 Å². The summed E-state index contributed by atoms with van der Waals surface area (Å²) in [4.78, 5) is 33.4. The molecule has 22 heavy (non-hydrogen) atoms. The van der Waals surface area contributed by atoms with E-state index in [1.807, 2.05) is 0 Å². The summed E-state index contributed by atoms with van der Waals surface area (Å²) in [5, 5.41) is 19.3. The maximum Gasteiger partial charge on any atom is 0.470 e. The van der Waals surface area contributed by atoms with Crippen molar-refractivity contribution in [3.8, 4) is 0 Å². The number of nitrogens with two attached hydrogens (primary N) is 1. The Morgan fingerprint density at radius 2 is 2.23 bits per heavy atom. The lowest BCUT2D eigenvalue weighted by Gasteiger charge is -2.32. The Kier molecular flexibility index (Phi) is 4.42. The third kappa shape index (κ3) is 3.06. The number of hydrogen-bond donors (Lipinski definition) is 5. The van der Waals surface area contributed by atoms with E-state index in [2.05, 4.69) is 9.51 Å². The van der Waals surface area contributed by atoms with Crippen LogP contribution in [-0.4, -0.2) is 54.0 Å². The maximum absolute atomic E-state index is 11.9. The lowest BCUT2D eigenvalue weighted by Crippen LogP contribution is -2.47. The van der Waals surface area contributed by atoms with Crippen molar-refractivity contribution in [3.05, 3.63) is 22.7 Å². The van der Waals surface area contributed by atoms with Gasteiger partial charge in [0.25, 0.3) is 0 Å². The number of nitrogen functional groups attached to an aromatic ring is 1. The highest BCUT2D eigenvalue weighted by molar-refractivity contribution is 7.46. The van der Waals surface area contributed by atoms with E-state index in [-0.39, 0.29) is 5.82 Å². The number of ether oxygens (including phenoxy) is 1. The second-order valence-corrected chi connectivity index (χ2v) is 6.13. The Morgan fingerprint density at radius 1 is 1.59 bits per heavy atom. The lowest BCUT2D eigenvalue weighted by atomic mass is 9.96. The quantitative estimate of drug-likeness (QED) is 0.384. The molecule has 0 bridgehead atoms. The molecule has 0 amide bonds. The van der Waals surface area contributed by atoms with Crippen LogP contribution in [0.25, 0.3) is 0 Å². The van der Waals surface area contributed by atoms with Gasteiger partial charge in [0, 0.05) is 6.20 Å². The molecule has 1 aliphatic heterocycles. The molecule has 1 saturated heterocycles. The summed E-state index contributed by atoms with van der Waals surface area (Å²) in [6, 6.07) is 1.27. The molecule has 0 aromatic carbocycles. The SMILES string of the molecule is C[C@@]1(OP(=O)(O)O)[C@H](O)[C@@H](CO)O[C@H]1n1ccc(N)nc1=O. The van der Waals surface area contributed by atoms with Crippen molar-refractivity contribution in [2.24, 2.45) is 0 Å². The molecule has 11 nitrogen and oxygen atoms in total. The normalized spacial score (nSPS) is 32.3. The Bertz CT molecular complexity index is 660. The van der Waals surface area contributed by atoms with Gasteiger partial charge in [-0.15, -0.1) is 0 Å². The molecule has 2 heterocycles. The number of rotatable bonds is 4. The summed E-state index contributed by atoms with van der Waals surface area (Å²) >= 11 is 0. The summed E-state index contributed by atoms with van der Waals surface area (Å²) in [6.45, 7) is 0.509. The third-order valence-corrected chi connectivity index (χ3v) is 3.96. The molecule has 1 fully saturated rings. The number of phosphoric ester groups is 1. The molecular weight excluding hydrogens is 321 g/mol. The van der Waals surface area contributed by atoms with E-state index in [1.165, 1.54) is 12.3 Å². The number of aromatic nitrogens is 2. The highest BCUT2D eigenvalue weighted by Gasteiger charge is 2.58. The standard InChI is InChI=1S/C10H16N3O8P/c1-10(21-22(17,18)19)7(15)5(4-14)20-8(10)13-3-2-6(11)12-9(13)16/h2-3,5,7-8,14-15H,4H2,1H3,(H2,11,12,16)(H2,17,18,19)/t5-,7-,8-,10-/m1/s1. The van der Waals surface area contributed by atoms with E-state index in [4.69, 9.17) is 20.3 Å². The van der Waals surface area contributed by atoms with Gasteiger partial charge in [0.15, 0.2) is 11.8 Å². The van der Waals surface area contributed by atoms with Crippen LogP contribution >= 0.6 is 7.82 Å². The van der Waals surface area contributed by atoms with E-state index in [9.17, 15) is 19.6 Å². The van der Waals surface area contributed by atoms with E-state index < -0.39 is 44.2 Å². The smallest absolute Gasteiger partial charge is 0.394 e. The highest BCUT2D eigenvalue weighted by atomic mass is 31.2. The van der Waals surface area contributed by atoms with Crippen LogP contribution in [0, 0.1) is 0 Å². The number of anilines is 1. The minimum Gasteiger partial charge on any atom is -0.394 e. The van der Waals surface area contributed by atoms with E-state index in [0.717, 1.165) is 11.5 Å². The zero-order valence-electron chi connectivity index (χ0n) is 11.4. The van der Waals surface area contributed by atoms with Gasteiger partial charge >= 0.3 is 13.5 Å². The van der Waals surface area contributed by atoms with Gasteiger partial charge in [-0.3, -0.25) is 9.09 Å². The maximum atomic E-state index is 11.9. The molecule has 0 radical (unpaired) electrons. The number of hydrogen-bond acceptors (Lipinski definition) is 8. The number of nitrogens with zero attached hydrogens (tertiary/aromatic N) is 2. The van der Waals surface area contributed by atoms with Gasteiger partial charge in [0.2, 0.25) is 0 Å². The molecule has 0 aliphatic carbocycles. The average molecular weight is 337 g/mol. The fraction of sp³-hybridized carbons (Fsp3) is 0.600. The first-order chi connectivity index (χ1) is 10.1. The van der Waals surface area contributed by atoms with Crippen molar-refractivity contribution >= 4 is 13.6 Å². The van der Waals surface area contributed by atoms with Gasteiger partial charge in [0.1, 0.15) is 18.0 Å². The first-order valence-electron chi connectivity index (χ1n) is 6.14. The first kappa shape index (κ1) is 17.0. The number of phosphoric acid groups is 1. The van der Waals surface area contributed by atoms with Crippen LogP contribution < -0.4 is 11.4 Å². The van der Waals surface area contributed by atoms with Crippen LogP contribution in [0.3, 0.4) is 0 Å². The third-order valence-electron chi connectivity index (χ3n) is 3.33. The zero-order valence-corrected chi connectivity index (χ0v) is 12.3. The van der Waals surface area contributed by atoms with Crippen molar-refractivity contribution in [1.82, 2.24) is 9.55 Å². The van der Waals surface area contributed by atoms with Gasteiger partial charge in [-0.1, -0.05) is 0 Å². The molecule has 2 rings (SSSR count). The molecule has 1 aliphatic rings. The Labute approximate surface area is 124 Å². The summed E-state index contributed by atoms with van der Waals surface area (Å²) in [5.74, 6) is -0.0592. The van der Waals surface area contributed by atoms with Crippen LogP contribution in [-0.2, 0) is 13.8 Å². The van der Waals surface area contributed by atoms with Crippen LogP contribution in [0.15, 0.2) is 17.1 Å². The van der Waals surface area contributed by atoms with Crippen LogP contribution in [0.5, 0.6) is 0 Å². The predicted molar refractivity (Wildman–Crippen MR) is 71.4 cm³/mol. The monoisotopic (exact) mass is 337 g/mol. The molecule has 0 unspecified atom stereocenters. The minimum absolute atomic E-state index is 0.0592. The van der Waals surface area contributed by atoms with Crippen LogP contribution in [0.4, 0.5) is 5.82 Å². The summed E-state index contributed by atoms with van der Waals surface area (Å²) < 4.78 is 22.0. The Balaban J connectivity index is 2.51. The molecule has 0 spiro atoms. The lowest BCUT2D eigenvalue weighted by molar-refractivity contribution is -0.0933. The van der Waals surface area contributed by atoms with Gasteiger partial charge in [-0.25, -0.2) is 9.36 Å². The van der Waals surface area contributed by atoms with Crippen molar-refractivity contribution < 1.29 is 33.8 Å². The zero-order chi connectivity index (χ0) is 16.7. The fourth-order valence-electron chi connectivity index (χ4n) is 2.33. The molecule has 6 N–H and O–H groups in total. The minimum atomic E-state index is -5.02. The van der Waals surface area contributed by atoms with Gasteiger partial charge in [0.05, 0.1) is 6.61 Å². The summed E-state index contributed by atoms with van der Waals surface area (Å²) in [5.41, 5.74) is 2.51. The van der Waals surface area contributed by atoms with Gasteiger partial charge in [-0.2, -0.15) is 4.98 Å². The first-order valence-corrected chi connectivity index (χ1v) is 7.67. The largest absolute Gasteiger partial charge is 0.470 e.